The van der Waals surface area contributed by atoms with Crippen molar-refractivity contribution in [1.29, 1.82) is 0 Å². The molecule has 0 radical (unpaired) electrons. The van der Waals surface area contributed by atoms with Crippen LogP contribution in [0.5, 0.6) is 5.88 Å². The molecule has 0 aliphatic carbocycles. The van der Waals surface area contributed by atoms with Gasteiger partial charge in [-0.05, 0) is 13.8 Å². The van der Waals surface area contributed by atoms with Gasteiger partial charge in [0.05, 0.1) is 19.0 Å². The van der Waals surface area contributed by atoms with Gasteiger partial charge in [-0.1, -0.05) is 11.6 Å². The van der Waals surface area contributed by atoms with E-state index in [9.17, 15) is 4.79 Å². The molecule has 0 aliphatic rings. The van der Waals surface area contributed by atoms with Gasteiger partial charge in [0.15, 0.2) is 5.02 Å². The van der Waals surface area contributed by atoms with E-state index in [0.717, 1.165) is 0 Å². The molecule has 1 N–H and O–H groups in total. The molecule has 5 nitrogen and oxygen atoms in total. The highest BCUT2D eigenvalue weighted by Gasteiger charge is 2.06. The Morgan fingerprint density at radius 1 is 1.53 bits per heavy atom. The molecule has 0 amide bonds. The minimum atomic E-state index is -0.411. The molecule has 1 aromatic heterocycles. The van der Waals surface area contributed by atoms with Crippen molar-refractivity contribution in [3.63, 3.8) is 0 Å². The maximum absolute atomic E-state index is 11.0. The van der Waals surface area contributed by atoms with E-state index in [0.29, 0.717) is 13.2 Å². The summed E-state index contributed by atoms with van der Waals surface area (Å²) in [7, 11) is 0. The zero-order valence-corrected chi connectivity index (χ0v) is 9.37. The van der Waals surface area contributed by atoms with E-state index in [-0.39, 0.29) is 17.0 Å². The summed E-state index contributed by atoms with van der Waals surface area (Å²) < 4.78 is 10.4. The molecule has 1 heterocycles. The molecule has 6 heteroatoms. The Morgan fingerprint density at radius 2 is 2.27 bits per heavy atom. The number of hydrogen-bond acceptors (Lipinski definition) is 4. The highest BCUT2D eigenvalue weighted by molar-refractivity contribution is 6.31. The van der Waals surface area contributed by atoms with Crippen molar-refractivity contribution in [3.05, 3.63) is 21.7 Å². The van der Waals surface area contributed by atoms with Crippen LogP contribution in [0.3, 0.4) is 0 Å². The summed E-state index contributed by atoms with van der Waals surface area (Å²) in [6.07, 6.45) is 1.39. The van der Waals surface area contributed by atoms with Crippen molar-refractivity contribution in [2.45, 2.75) is 20.0 Å². The number of H-pyrrole nitrogens is 1. The Bertz CT molecular complexity index is 365. The fraction of sp³-hybridized carbons (Fsp3) is 0.556. The lowest BCUT2D eigenvalue weighted by atomic mass is 10.5. The topological polar surface area (TPSA) is 64.2 Å². The van der Waals surface area contributed by atoms with Gasteiger partial charge in [-0.2, -0.15) is 0 Å². The van der Waals surface area contributed by atoms with Crippen molar-refractivity contribution >= 4 is 11.6 Å². The number of aromatic amines is 1. The predicted molar refractivity (Wildman–Crippen MR) is 56.5 cm³/mol. The van der Waals surface area contributed by atoms with Crippen molar-refractivity contribution in [2.24, 2.45) is 0 Å². The highest BCUT2D eigenvalue weighted by atomic mass is 35.5. The fourth-order valence-corrected chi connectivity index (χ4v) is 1.05. The first kappa shape index (κ1) is 12.0. The van der Waals surface area contributed by atoms with Gasteiger partial charge in [0.2, 0.25) is 5.88 Å². The van der Waals surface area contributed by atoms with Crippen LogP contribution in [0.1, 0.15) is 13.8 Å². The van der Waals surface area contributed by atoms with E-state index in [1.165, 1.54) is 6.33 Å². The predicted octanol–water partition coefficient (Wildman–Crippen LogP) is 1.23. The van der Waals surface area contributed by atoms with Gasteiger partial charge in [0, 0.05) is 0 Å². The zero-order chi connectivity index (χ0) is 11.3. The Labute approximate surface area is 92.4 Å². The molecule has 0 unspecified atom stereocenters. The summed E-state index contributed by atoms with van der Waals surface area (Å²) in [6, 6.07) is 0. The number of hydrogen-bond donors (Lipinski definition) is 1. The maximum atomic E-state index is 11.0. The van der Waals surface area contributed by atoms with Gasteiger partial charge in [-0.25, -0.2) is 4.98 Å². The van der Waals surface area contributed by atoms with Crippen LogP contribution in [0, 0.1) is 0 Å². The monoisotopic (exact) mass is 232 g/mol. The molecule has 15 heavy (non-hydrogen) atoms. The quantitative estimate of drug-likeness (QED) is 0.776. The Kier molecular flexibility index (Phi) is 4.58. The Balaban J connectivity index is 2.44. The maximum Gasteiger partial charge on any atom is 0.273 e. The van der Waals surface area contributed by atoms with E-state index in [1.807, 2.05) is 13.8 Å². The van der Waals surface area contributed by atoms with Crippen LogP contribution in [-0.2, 0) is 4.74 Å². The van der Waals surface area contributed by atoms with Crippen LogP contribution in [0.25, 0.3) is 0 Å². The Morgan fingerprint density at radius 3 is 2.93 bits per heavy atom. The summed E-state index contributed by atoms with van der Waals surface area (Å²) in [5.41, 5.74) is -0.411. The lowest BCUT2D eigenvalue weighted by molar-refractivity contribution is 0.0542. The SMILES string of the molecule is CC(C)OCCOc1nc[nH]c(=O)c1Cl. The van der Waals surface area contributed by atoms with E-state index in [1.54, 1.807) is 0 Å². The van der Waals surface area contributed by atoms with Crippen LogP contribution >= 0.6 is 11.6 Å². The molecule has 0 atom stereocenters. The third kappa shape index (κ3) is 3.89. The summed E-state index contributed by atoms with van der Waals surface area (Å²) >= 11 is 5.66. The first-order valence-corrected chi connectivity index (χ1v) is 4.96. The van der Waals surface area contributed by atoms with E-state index in [4.69, 9.17) is 21.1 Å². The molecule has 0 bridgehead atoms. The molecule has 1 aromatic rings. The van der Waals surface area contributed by atoms with Crippen molar-refractivity contribution in [3.8, 4) is 5.88 Å². The standard InChI is InChI=1S/C9H13ClN2O3/c1-6(2)14-3-4-15-9-7(10)8(13)11-5-12-9/h5-6H,3-4H2,1-2H3,(H,11,12,13). The Hall–Kier alpha value is -1.07. The van der Waals surface area contributed by atoms with Crippen LogP contribution < -0.4 is 10.3 Å². The van der Waals surface area contributed by atoms with Crippen molar-refractivity contribution in [1.82, 2.24) is 9.97 Å². The van der Waals surface area contributed by atoms with Crippen LogP contribution in [-0.4, -0.2) is 29.3 Å². The zero-order valence-electron chi connectivity index (χ0n) is 8.62. The van der Waals surface area contributed by atoms with Gasteiger partial charge in [0.25, 0.3) is 5.56 Å². The van der Waals surface area contributed by atoms with E-state index < -0.39 is 5.56 Å². The molecule has 84 valence electrons. The second kappa shape index (κ2) is 5.72. The van der Waals surface area contributed by atoms with Gasteiger partial charge in [-0.15, -0.1) is 0 Å². The normalized spacial score (nSPS) is 10.7. The summed E-state index contributed by atoms with van der Waals surface area (Å²) in [4.78, 5) is 17.2. The van der Waals surface area contributed by atoms with Gasteiger partial charge < -0.3 is 14.5 Å². The molecule has 0 fully saturated rings. The molecule has 0 saturated carbocycles. The lowest BCUT2D eigenvalue weighted by Crippen LogP contribution is -2.14. The second-order valence-corrected chi connectivity index (χ2v) is 3.50. The van der Waals surface area contributed by atoms with E-state index >= 15 is 0 Å². The van der Waals surface area contributed by atoms with Gasteiger partial charge >= 0.3 is 0 Å². The molecule has 0 spiro atoms. The average molecular weight is 233 g/mol. The summed E-state index contributed by atoms with van der Waals surface area (Å²) in [5, 5.41) is -0.0398. The number of nitrogens with one attached hydrogen (secondary N) is 1. The van der Waals surface area contributed by atoms with Crippen LogP contribution in [0.2, 0.25) is 5.02 Å². The molecule has 0 aromatic carbocycles. The number of halogens is 1. The third-order valence-corrected chi connectivity index (χ3v) is 1.87. The molecular weight excluding hydrogens is 220 g/mol. The number of rotatable bonds is 5. The minimum absolute atomic E-state index is 0.0398. The van der Waals surface area contributed by atoms with Crippen molar-refractivity contribution in [2.75, 3.05) is 13.2 Å². The van der Waals surface area contributed by atoms with Crippen molar-refractivity contribution < 1.29 is 9.47 Å². The molecule has 0 saturated heterocycles. The van der Waals surface area contributed by atoms with E-state index in [2.05, 4.69) is 9.97 Å². The van der Waals surface area contributed by atoms with Gasteiger partial charge in [-0.3, -0.25) is 4.79 Å². The number of ether oxygens (including phenoxy) is 2. The van der Waals surface area contributed by atoms with Gasteiger partial charge in [0.1, 0.15) is 6.61 Å². The molecule has 1 rings (SSSR count). The smallest absolute Gasteiger partial charge is 0.273 e. The highest BCUT2D eigenvalue weighted by Crippen LogP contribution is 2.14. The lowest BCUT2D eigenvalue weighted by Gasteiger charge is -2.08. The fourth-order valence-electron chi connectivity index (χ4n) is 0.889. The van der Waals surface area contributed by atoms with Crippen LogP contribution in [0.15, 0.2) is 11.1 Å². The first-order valence-electron chi connectivity index (χ1n) is 4.59. The number of aromatic nitrogens is 2. The first-order chi connectivity index (χ1) is 7.11. The average Bonchev–Trinajstić information content (AvgIpc) is 2.18. The number of nitrogens with zero attached hydrogens (tertiary/aromatic N) is 1. The second-order valence-electron chi connectivity index (χ2n) is 3.12. The van der Waals surface area contributed by atoms with Crippen LogP contribution in [0.4, 0.5) is 0 Å². The summed E-state index contributed by atoms with van der Waals surface area (Å²) in [5.74, 6) is 0.132. The molecule has 0 aliphatic heterocycles. The largest absolute Gasteiger partial charge is 0.474 e. The summed E-state index contributed by atoms with van der Waals surface area (Å²) in [6.45, 7) is 4.60. The molecular formula is C9H13ClN2O3. The third-order valence-electron chi connectivity index (χ3n) is 1.54. The minimum Gasteiger partial charge on any atom is -0.474 e.